The lowest BCUT2D eigenvalue weighted by molar-refractivity contribution is 0.102. The van der Waals surface area contributed by atoms with Gasteiger partial charge in [-0.25, -0.2) is 0 Å². The van der Waals surface area contributed by atoms with Gasteiger partial charge in [0.2, 0.25) is 11.9 Å². The van der Waals surface area contributed by atoms with Crippen molar-refractivity contribution in [3.63, 3.8) is 0 Å². The van der Waals surface area contributed by atoms with Gasteiger partial charge in [-0.2, -0.15) is 4.68 Å². The monoisotopic (exact) mass is 382 g/mol. The molecule has 0 atom stereocenters. The maximum absolute atomic E-state index is 12.5. The molecule has 3 aromatic rings. The van der Waals surface area contributed by atoms with Gasteiger partial charge in [-0.1, -0.05) is 37.7 Å². The van der Waals surface area contributed by atoms with E-state index >= 15 is 0 Å². The average Bonchev–Trinajstić information content (AvgIpc) is 3.34. The number of fused-ring (bicyclic) bond motifs is 1. The summed E-state index contributed by atoms with van der Waals surface area (Å²) in [4.78, 5) is 12.5. The number of hydrogen-bond donors (Lipinski definition) is 0. The summed E-state index contributed by atoms with van der Waals surface area (Å²) in [5.74, 6) is 1.92. The summed E-state index contributed by atoms with van der Waals surface area (Å²) in [6.07, 6.45) is 0. The molecule has 8 heteroatoms. The first-order valence-corrected chi connectivity index (χ1v) is 9.55. The highest BCUT2D eigenvalue weighted by molar-refractivity contribution is 7.99. The summed E-state index contributed by atoms with van der Waals surface area (Å²) in [6.45, 7) is 4.48. The molecule has 0 spiro atoms. The Hall–Kier alpha value is -2.87. The summed E-state index contributed by atoms with van der Waals surface area (Å²) in [5, 5.41) is 12.4. The molecule has 0 radical (unpaired) electrons. The summed E-state index contributed by atoms with van der Waals surface area (Å²) >= 11 is 1.30. The Balaban J connectivity index is 1.46. The van der Waals surface area contributed by atoms with Gasteiger partial charge < -0.3 is 9.47 Å². The first-order valence-electron chi connectivity index (χ1n) is 8.56. The number of ether oxygens (including phenoxy) is 2. The van der Waals surface area contributed by atoms with Gasteiger partial charge in [-0.05, 0) is 52.2 Å². The van der Waals surface area contributed by atoms with Gasteiger partial charge in [0.1, 0.15) is 0 Å². The van der Waals surface area contributed by atoms with Gasteiger partial charge in [0.05, 0.1) is 11.4 Å². The van der Waals surface area contributed by atoms with Crippen molar-refractivity contribution in [2.45, 2.75) is 24.9 Å². The lowest BCUT2D eigenvalue weighted by Crippen LogP contribution is -2.05. The van der Waals surface area contributed by atoms with Gasteiger partial charge in [0.15, 0.2) is 17.3 Å². The molecule has 138 valence electrons. The van der Waals surface area contributed by atoms with Crippen LogP contribution in [-0.2, 0) is 0 Å². The van der Waals surface area contributed by atoms with E-state index in [0.717, 1.165) is 5.69 Å². The Morgan fingerprint density at radius 2 is 1.93 bits per heavy atom. The third kappa shape index (κ3) is 3.66. The molecular formula is C19H18N4O3S. The molecule has 0 amide bonds. The number of rotatable bonds is 6. The molecule has 0 saturated heterocycles. The number of carbonyl (C=O) groups excluding carboxylic acids is 1. The molecule has 0 aliphatic carbocycles. The van der Waals surface area contributed by atoms with E-state index < -0.39 is 0 Å². The highest BCUT2D eigenvalue weighted by Gasteiger charge is 2.17. The molecule has 1 aromatic heterocycles. The zero-order valence-electron chi connectivity index (χ0n) is 15.0. The number of Topliss-reactive ketones (excluding diaryl/α,β-unsaturated/α-hetero) is 1. The molecule has 0 bridgehead atoms. The van der Waals surface area contributed by atoms with Gasteiger partial charge in [-0.3, -0.25) is 4.79 Å². The van der Waals surface area contributed by atoms with Crippen molar-refractivity contribution in [1.82, 2.24) is 20.2 Å². The molecule has 0 unspecified atom stereocenters. The smallest absolute Gasteiger partial charge is 0.231 e. The normalized spacial score (nSPS) is 12.6. The van der Waals surface area contributed by atoms with Gasteiger partial charge >= 0.3 is 0 Å². The zero-order chi connectivity index (χ0) is 18.8. The predicted octanol–water partition coefficient (Wildman–Crippen LogP) is 3.49. The van der Waals surface area contributed by atoms with Crippen LogP contribution in [0.25, 0.3) is 5.69 Å². The van der Waals surface area contributed by atoms with Crippen molar-refractivity contribution in [3.8, 4) is 17.2 Å². The predicted molar refractivity (Wildman–Crippen MR) is 101 cm³/mol. The van der Waals surface area contributed by atoms with Crippen LogP contribution in [0.15, 0.2) is 47.6 Å². The molecular weight excluding hydrogens is 364 g/mol. The topological polar surface area (TPSA) is 79.1 Å². The average molecular weight is 382 g/mol. The van der Waals surface area contributed by atoms with Crippen LogP contribution in [0.4, 0.5) is 0 Å². The maximum Gasteiger partial charge on any atom is 0.231 e. The molecule has 4 rings (SSSR count). The number of ketones is 1. The fourth-order valence-corrected chi connectivity index (χ4v) is 3.50. The Bertz CT molecular complexity index is 969. The van der Waals surface area contributed by atoms with Crippen LogP contribution in [0, 0.1) is 0 Å². The van der Waals surface area contributed by atoms with Crippen LogP contribution < -0.4 is 9.47 Å². The van der Waals surface area contributed by atoms with Crippen LogP contribution >= 0.6 is 11.8 Å². The van der Waals surface area contributed by atoms with E-state index in [2.05, 4.69) is 41.5 Å². The maximum atomic E-state index is 12.5. The second-order valence-corrected chi connectivity index (χ2v) is 7.34. The van der Waals surface area contributed by atoms with Crippen molar-refractivity contribution < 1.29 is 14.3 Å². The molecule has 0 N–H and O–H groups in total. The first kappa shape index (κ1) is 17.5. The standard InChI is InChI=1S/C19H18N4O3S/c1-12(2)13-3-6-15(7-4-13)23-19(20-21-22-23)27-10-16(24)14-5-8-17-18(9-14)26-11-25-17/h3-9,12H,10-11H2,1-2H3. The van der Waals surface area contributed by atoms with E-state index in [1.54, 1.807) is 22.9 Å². The van der Waals surface area contributed by atoms with Gasteiger partial charge in [0.25, 0.3) is 0 Å². The molecule has 27 heavy (non-hydrogen) atoms. The number of tetrazole rings is 1. The first-order chi connectivity index (χ1) is 13.1. The van der Waals surface area contributed by atoms with E-state index in [9.17, 15) is 4.79 Å². The molecule has 2 aromatic carbocycles. The highest BCUT2D eigenvalue weighted by atomic mass is 32.2. The van der Waals surface area contributed by atoms with E-state index in [1.807, 2.05) is 12.1 Å². The Kier molecular flexibility index (Phi) is 4.81. The zero-order valence-corrected chi connectivity index (χ0v) is 15.8. The van der Waals surface area contributed by atoms with E-state index in [0.29, 0.717) is 28.1 Å². The third-order valence-corrected chi connectivity index (χ3v) is 5.19. The third-order valence-electron chi connectivity index (χ3n) is 4.27. The number of hydrogen-bond acceptors (Lipinski definition) is 7. The molecule has 1 aliphatic heterocycles. The van der Waals surface area contributed by atoms with Crippen LogP contribution in [0.3, 0.4) is 0 Å². The SMILES string of the molecule is CC(C)c1ccc(-n2nnnc2SCC(=O)c2ccc3c(c2)OCO3)cc1. The fraction of sp³-hybridized carbons (Fsp3) is 0.263. The van der Waals surface area contributed by atoms with Gasteiger partial charge in [-0.15, -0.1) is 5.10 Å². The largest absolute Gasteiger partial charge is 0.454 e. The van der Waals surface area contributed by atoms with Gasteiger partial charge in [0, 0.05) is 5.56 Å². The molecule has 0 saturated carbocycles. The molecule has 1 aliphatic rings. The summed E-state index contributed by atoms with van der Waals surface area (Å²) < 4.78 is 12.2. The van der Waals surface area contributed by atoms with Crippen LogP contribution in [0.1, 0.15) is 35.7 Å². The lowest BCUT2D eigenvalue weighted by Gasteiger charge is -2.08. The minimum atomic E-state index is -0.0250. The van der Waals surface area contributed by atoms with Crippen molar-refractivity contribution in [2.75, 3.05) is 12.5 Å². The van der Waals surface area contributed by atoms with Crippen molar-refractivity contribution >= 4 is 17.5 Å². The van der Waals surface area contributed by atoms with E-state index in [4.69, 9.17) is 9.47 Å². The second kappa shape index (κ2) is 7.40. The minimum absolute atomic E-state index is 0.0250. The number of nitrogens with zero attached hydrogens (tertiary/aromatic N) is 4. The Labute approximate surface area is 160 Å². The quantitative estimate of drug-likeness (QED) is 0.477. The van der Waals surface area contributed by atoms with E-state index in [1.165, 1.54) is 17.3 Å². The minimum Gasteiger partial charge on any atom is -0.454 e. The van der Waals surface area contributed by atoms with Crippen LogP contribution in [0.5, 0.6) is 11.5 Å². The number of aromatic nitrogens is 4. The second-order valence-electron chi connectivity index (χ2n) is 6.40. The summed E-state index contributed by atoms with van der Waals surface area (Å²) in [5.41, 5.74) is 2.69. The van der Waals surface area contributed by atoms with Crippen molar-refractivity contribution in [1.29, 1.82) is 0 Å². The highest BCUT2D eigenvalue weighted by Crippen LogP contribution is 2.33. The van der Waals surface area contributed by atoms with Crippen molar-refractivity contribution in [2.24, 2.45) is 0 Å². The van der Waals surface area contributed by atoms with Crippen molar-refractivity contribution in [3.05, 3.63) is 53.6 Å². The molecule has 2 heterocycles. The number of benzene rings is 2. The Morgan fingerprint density at radius 1 is 1.15 bits per heavy atom. The Morgan fingerprint density at radius 3 is 2.70 bits per heavy atom. The van der Waals surface area contributed by atoms with E-state index in [-0.39, 0.29) is 18.3 Å². The molecule has 7 nitrogen and oxygen atoms in total. The molecule has 0 fully saturated rings. The fourth-order valence-electron chi connectivity index (χ4n) is 2.71. The van der Waals surface area contributed by atoms with Crippen LogP contribution in [0.2, 0.25) is 0 Å². The van der Waals surface area contributed by atoms with Crippen LogP contribution in [-0.4, -0.2) is 38.5 Å². The lowest BCUT2D eigenvalue weighted by atomic mass is 10.0. The summed E-state index contributed by atoms with van der Waals surface area (Å²) in [6, 6.07) is 13.3. The number of thioether (sulfide) groups is 1. The number of carbonyl (C=O) groups is 1. The summed E-state index contributed by atoms with van der Waals surface area (Å²) in [7, 11) is 0.